The van der Waals surface area contributed by atoms with E-state index in [1.165, 1.54) is 0 Å². The lowest BCUT2D eigenvalue weighted by Crippen LogP contribution is -2.48. The topological polar surface area (TPSA) is 58.2 Å². The first kappa shape index (κ1) is 10.1. The molecule has 1 atom stereocenters. The van der Waals surface area contributed by atoms with Gasteiger partial charge in [-0.2, -0.15) is 0 Å². The molecule has 0 bridgehead atoms. The molecule has 1 aliphatic carbocycles. The van der Waals surface area contributed by atoms with Crippen molar-refractivity contribution in [1.29, 1.82) is 0 Å². The number of hydrogen-bond donors (Lipinski definition) is 2. The maximum Gasteiger partial charge on any atom is 0.232 e. The Hall–Kier alpha value is -0.420. The van der Waals surface area contributed by atoms with E-state index in [2.05, 4.69) is 10.6 Å². The summed E-state index contributed by atoms with van der Waals surface area (Å²) in [7, 11) is -0.917. The quantitative estimate of drug-likeness (QED) is 0.635. The predicted octanol–water partition coefficient (Wildman–Crippen LogP) is -0.767. The van der Waals surface area contributed by atoms with Crippen LogP contribution in [0, 0.1) is 5.92 Å². The van der Waals surface area contributed by atoms with E-state index in [4.69, 9.17) is 0 Å². The predicted molar refractivity (Wildman–Crippen MR) is 55.4 cm³/mol. The SMILES string of the molecule is O=C(CS(=O)C1CC1)NCC1CNC1. The molecule has 0 aromatic heterocycles. The van der Waals surface area contributed by atoms with E-state index in [9.17, 15) is 9.00 Å². The third kappa shape index (κ3) is 2.78. The van der Waals surface area contributed by atoms with Crippen molar-refractivity contribution >= 4 is 16.7 Å². The lowest BCUT2D eigenvalue weighted by atomic mass is 10.0. The van der Waals surface area contributed by atoms with Crippen LogP contribution >= 0.6 is 0 Å². The van der Waals surface area contributed by atoms with Crippen LogP contribution in [0.5, 0.6) is 0 Å². The van der Waals surface area contributed by atoms with Gasteiger partial charge in [0.25, 0.3) is 0 Å². The van der Waals surface area contributed by atoms with Gasteiger partial charge in [0, 0.05) is 41.6 Å². The van der Waals surface area contributed by atoms with Crippen molar-refractivity contribution in [3.63, 3.8) is 0 Å². The van der Waals surface area contributed by atoms with E-state index in [1.54, 1.807) is 0 Å². The summed E-state index contributed by atoms with van der Waals surface area (Å²) in [6.07, 6.45) is 2.07. The molecular weight excluding hydrogens is 200 g/mol. The Morgan fingerprint density at radius 3 is 2.64 bits per heavy atom. The minimum atomic E-state index is -0.917. The second-order valence-electron chi connectivity index (χ2n) is 4.05. The smallest absolute Gasteiger partial charge is 0.232 e. The molecule has 2 rings (SSSR count). The van der Waals surface area contributed by atoms with Gasteiger partial charge in [0.1, 0.15) is 5.75 Å². The molecule has 1 unspecified atom stereocenters. The Morgan fingerprint density at radius 2 is 2.14 bits per heavy atom. The summed E-state index contributed by atoms with van der Waals surface area (Å²) < 4.78 is 11.4. The summed E-state index contributed by atoms with van der Waals surface area (Å²) in [6.45, 7) is 2.71. The molecule has 14 heavy (non-hydrogen) atoms. The molecule has 1 heterocycles. The first-order valence-corrected chi connectivity index (χ1v) is 6.48. The third-order valence-corrected chi connectivity index (χ3v) is 4.39. The Morgan fingerprint density at radius 1 is 1.43 bits per heavy atom. The number of carbonyl (C=O) groups is 1. The van der Waals surface area contributed by atoms with Crippen molar-refractivity contribution in [3.05, 3.63) is 0 Å². The monoisotopic (exact) mass is 216 g/mol. The number of carbonyl (C=O) groups excluding carboxylic acids is 1. The summed E-state index contributed by atoms with van der Waals surface area (Å²) >= 11 is 0. The highest BCUT2D eigenvalue weighted by Gasteiger charge is 2.29. The fraction of sp³-hybridized carbons (Fsp3) is 0.889. The molecule has 1 aliphatic heterocycles. The molecule has 0 radical (unpaired) electrons. The standard InChI is InChI=1S/C9H16N2O2S/c12-9(6-14(13)8-1-2-8)11-5-7-3-10-4-7/h7-8,10H,1-6H2,(H,11,12). The molecule has 4 nitrogen and oxygen atoms in total. The van der Waals surface area contributed by atoms with E-state index < -0.39 is 10.8 Å². The minimum absolute atomic E-state index is 0.0536. The molecular formula is C9H16N2O2S. The normalized spacial score (nSPS) is 24.0. The van der Waals surface area contributed by atoms with Gasteiger partial charge in [0.15, 0.2) is 0 Å². The number of amides is 1. The average molecular weight is 216 g/mol. The Kier molecular flexibility index (Phi) is 3.18. The van der Waals surface area contributed by atoms with Gasteiger partial charge in [-0.1, -0.05) is 0 Å². The number of rotatable bonds is 5. The average Bonchev–Trinajstić information content (AvgIpc) is 2.82. The van der Waals surface area contributed by atoms with Crippen LogP contribution in [-0.2, 0) is 15.6 Å². The van der Waals surface area contributed by atoms with Gasteiger partial charge >= 0.3 is 0 Å². The van der Waals surface area contributed by atoms with Crippen molar-refractivity contribution < 1.29 is 9.00 Å². The molecule has 1 saturated heterocycles. The van der Waals surface area contributed by atoms with Gasteiger partial charge < -0.3 is 10.6 Å². The summed E-state index contributed by atoms with van der Waals surface area (Å²) in [5, 5.41) is 6.28. The Bertz CT molecular complexity index is 249. The maximum atomic E-state index is 11.4. The van der Waals surface area contributed by atoms with Crippen LogP contribution in [0.15, 0.2) is 0 Å². The Labute approximate surface area is 86.3 Å². The van der Waals surface area contributed by atoms with Gasteiger partial charge in [-0.15, -0.1) is 0 Å². The molecule has 0 spiro atoms. The zero-order valence-corrected chi connectivity index (χ0v) is 8.94. The van der Waals surface area contributed by atoms with Crippen molar-refractivity contribution in [2.45, 2.75) is 18.1 Å². The van der Waals surface area contributed by atoms with Gasteiger partial charge in [0.2, 0.25) is 5.91 Å². The first-order chi connectivity index (χ1) is 6.75. The van der Waals surface area contributed by atoms with Gasteiger partial charge in [0.05, 0.1) is 0 Å². The summed E-state index contributed by atoms with van der Waals surface area (Å²) in [5.74, 6) is 0.723. The molecule has 2 aliphatic rings. The van der Waals surface area contributed by atoms with Crippen LogP contribution in [0.1, 0.15) is 12.8 Å². The lowest BCUT2D eigenvalue weighted by molar-refractivity contribution is -0.118. The second-order valence-corrected chi connectivity index (χ2v) is 5.77. The molecule has 2 fully saturated rings. The van der Waals surface area contributed by atoms with Crippen LogP contribution in [-0.4, -0.2) is 40.8 Å². The highest BCUT2D eigenvalue weighted by molar-refractivity contribution is 7.86. The largest absolute Gasteiger partial charge is 0.355 e. The zero-order valence-electron chi connectivity index (χ0n) is 8.12. The minimum Gasteiger partial charge on any atom is -0.355 e. The van der Waals surface area contributed by atoms with E-state index >= 15 is 0 Å². The maximum absolute atomic E-state index is 11.4. The molecule has 0 aromatic rings. The summed E-state index contributed by atoms with van der Waals surface area (Å²) in [6, 6.07) is 0. The summed E-state index contributed by atoms with van der Waals surface area (Å²) in [4.78, 5) is 11.3. The first-order valence-electron chi connectivity index (χ1n) is 5.10. The second kappa shape index (κ2) is 4.40. The van der Waals surface area contributed by atoms with Crippen molar-refractivity contribution in [2.24, 2.45) is 5.92 Å². The van der Waals surface area contributed by atoms with Crippen LogP contribution in [0.25, 0.3) is 0 Å². The molecule has 5 heteroatoms. The van der Waals surface area contributed by atoms with Crippen LogP contribution in [0.4, 0.5) is 0 Å². The van der Waals surface area contributed by atoms with E-state index in [-0.39, 0.29) is 11.7 Å². The number of nitrogens with one attached hydrogen (secondary N) is 2. The molecule has 0 aromatic carbocycles. The highest BCUT2D eigenvalue weighted by atomic mass is 32.2. The van der Waals surface area contributed by atoms with E-state index in [0.29, 0.717) is 11.2 Å². The number of hydrogen-bond acceptors (Lipinski definition) is 3. The van der Waals surface area contributed by atoms with Crippen molar-refractivity contribution in [3.8, 4) is 0 Å². The van der Waals surface area contributed by atoms with Gasteiger partial charge in [-0.3, -0.25) is 9.00 Å². The summed E-state index contributed by atoms with van der Waals surface area (Å²) in [5.41, 5.74) is 0. The van der Waals surface area contributed by atoms with Crippen molar-refractivity contribution in [1.82, 2.24) is 10.6 Å². The fourth-order valence-electron chi connectivity index (χ4n) is 1.38. The van der Waals surface area contributed by atoms with Crippen LogP contribution in [0.3, 0.4) is 0 Å². The highest BCUT2D eigenvalue weighted by Crippen LogP contribution is 2.25. The van der Waals surface area contributed by atoms with E-state index in [0.717, 1.165) is 32.5 Å². The lowest BCUT2D eigenvalue weighted by Gasteiger charge is -2.26. The third-order valence-electron chi connectivity index (χ3n) is 2.62. The molecule has 1 amide bonds. The van der Waals surface area contributed by atoms with Gasteiger partial charge in [-0.05, 0) is 12.8 Å². The van der Waals surface area contributed by atoms with Crippen LogP contribution in [0.2, 0.25) is 0 Å². The van der Waals surface area contributed by atoms with E-state index in [1.807, 2.05) is 0 Å². The molecule has 80 valence electrons. The van der Waals surface area contributed by atoms with Crippen molar-refractivity contribution in [2.75, 3.05) is 25.4 Å². The Balaban J connectivity index is 1.59. The van der Waals surface area contributed by atoms with Crippen LogP contribution < -0.4 is 10.6 Å². The van der Waals surface area contributed by atoms with Gasteiger partial charge in [-0.25, -0.2) is 0 Å². The zero-order chi connectivity index (χ0) is 9.97. The molecule has 1 saturated carbocycles. The fourth-order valence-corrected chi connectivity index (χ4v) is 2.64. The molecule has 2 N–H and O–H groups in total.